The Balaban J connectivity index is 1.82. The summed E-state index contributed by atoms with van der Waals surface area (Å²) in [6, 6.07) is 7.84. The molecule has 16 heavy (non-hydrogen) atoms. The molecule has 0 amide bonds. The first-order valence-corrected chi connectivity index (χ1v) is 5.36. The van der Waals surface area contributed by atoms with E-state index in [0.29, 0.717) is 0 Å². The monoisotopic (exact) mass is 219 g/mol. The second kappa shape index (κ2) is 3.79. The summed E-state index contributed by atoms with van der Waals surface area (Å²) >= 11 is 0. The number of methoxy groups -OCH3 is 1. The summed E-state index contributed by atoms with van der Waals surface area (Å²) in [4.78, 5) is 5.35. The van der Waals surface area contributed by atoms with E-state index >= 15 is 0 Å². The summed E-state index contributed by atoms with van der Waals surface area (Å²) in [7, 11) is 1.66. The Morgan fingerprint density at radius 1 is 1.31 bits per heavy atom. The van der Waals surface area contributed by atoms with Crippen LogP contribution < -0.4 is 4.74 Å². The molecule has 2 aliphatic heterocycles. The minimum Gasteiger partial charge on any atom is -0.496 e. The van der Waals surface area contributed by atoms with Crippen molar-refractivity contribution in [3.8, 4) is 5.75 Å². The zero-order chi connectivity index (χ0) is 11.0. The molecule has 3 rings (SSSR count). The number of hydrogen-bond donors (Lipinski definition) is 0. The lowest BCUT2D eigenvalue weighted by atomic mass is 10.0. The summed E-state index contributed by atoms with van der Waals surface area (Å²) in [6.45, 7) is 0.791. The Bertz CT molecular complexity index is 426. The first kappa shape index (κ1) is 9.66. The normalized spacial score (nSPS) is 27.2. The summed E-state index contributed by atoms with van der Waals surface area (Å²) in [5.74, 6) is 0.835. The van der Waals surface area contributed by atoms with Gasteiger partial charge in [-0.3, -0.25) is 0 Å². The van der Waals surface area contributed by atoms with Crippen molar-refractivity contribution in [2.75, 3.05) is 13.7 Å². The van der Waals surface area contributed by atoms with Gasteiger partial charge in [-0.1, -0.05) is 17.3 Å². The zero-order valence-corrected chi connectivity index (χ0v) is 9.05. The zero-order valence-electron chi connectivity index (χ0n) is 9.05. The fourth-order valence-corrected chi connectivity index (χ4v) is 1.91. The van der Waals surface area contributed by atoms with Crippen molar-refractivity contribution in [2.45, 2.75) is 18.6 Å². The van der Waals surface area contributed by atoms with E-state index in [-0.39, 0.29) is 12.2 Å². The fourth-order valence-electron chi connectivity index (χ4n) is 1.91. The third-order valence-corrected chi connectivity index (χ3v) is 2.88. The van der Waals surface area contributed by atoms with Crippen LogP contribution in [0.1, 0.15) is 12.0 Å². The number of ether oxygens (including phenoxy) is 2. The Morgan fingerprint density at radius 2 is 2.12 bits per heavy atom. The van der Waals surface area contributed by atoms with Crippen molar-refractivity contribution >= 4 is 5.71 Å². The van der Waals surface area contributed by atoms with Crippen molar-refractivity contribution in [3.05, 3.63) is 29.8 Å². The van der Waals surface area contributed by atoms with E-state index in [1.54, 1.807) is 7.11 Å². The molecule has 1 saturated heterocycles. The minimum atomic E-state index is 0.0833. The van der Waals surface area contributed by atoms with Gasteiger partial charge in [-0.25, -0.2) is 0 Å². The maximum Gasteiger partial charge on any atom is 0.161 e. The topological polar surface area (TPSA) is 43.4 Å². The average Bonchev–Trinajstić information content (AvgIpc) is 3.07. The predicted molar refractivity (Wildman–Crippen MR) is 58.8 cm³/mol. The SMILES string of the molecule is COc1ccccc1C1=NO[C@@H]([C@@H]2CO2)C1. The maximum absolute atomic E-state index is 5.35. The van der Waals surface area contributed by atoms with Crippen LogP contribution >= 0.6 is 0 Å². The van der Waals surface area contributed by atoms with Gasteiger partial charge in [0.2, 0.25) is 0 Å². The molecule has 0 aromatic heterocycles. The van der Waals surface area contributed by atoms with E-state index in [1.165, 1.54) is 0 Å². The molecule has 0 spiro atoms. The highest BCUT2D eigenvalue weighted by molar-refractivity contribution is 6.03. The summed E-state index contributed by atoms with van der Waals surface area (Å²) < 4.78 is 10.5. The molecule has 0 N–H and O–H groups in total. The van der Waals surface area contributed by atoms with Gasteiger partial charge in [0, 0.05) is 12.0 Å². The van der Waals surface area contributed by atoms with Gasteiger partial charge >= 0.3 is 0 Å². The van der Waals surface area contributed by atoms with Gasteiger partial charge in [-0.15, -0.1) is 0 Å². The molecule has 4 nitrogen and oxygen atoms in total. The maximum atomic E-state index is 5.35. The van der Waals surface area contributed by atoms with Crippen LogP contribution in [-0.2, 0) is 9.57 Å². The number of para-hydroxylation sites is 1. The number of rotatable bonds is 3. The summed E-state index contributed by atoms with van der Waals surface area (Å²) in [5.41, 5.74) is 1.95. The highest BCUT2D eigenvalue weighted by Crippen LogP contribution is 2.29. The molecule has 2 heterocycles. The van der Waals surface area contributed by atoms with E-state index in [1.807, 2.05) is 24.3 Å². The van der Waals surface area contributed by atoms with Gasteiger partial charge in [0.05, 0.1) is 19.4 Å². The number of epoxide rings is 1. The molecule has 84 valence electrons. The fraction of sp³-hybridized carbons (Fsp3) is 0.417. The van der Waals surface area contributed by atoms with Crippen molar-refractivity contribution < 1.29 is 14.3 Å². The first-order valence-electron chi connectivity index (χ1n) is 5.36. The molecule has 1 fully saturated rings. The third kappa shape index (κ3) is 1.65. The first-order chi connectivity index (χ1) is 7.88. The van der Waals surface area contributed by atoms with E-state index in [2.05, 4.69) is 5.16 Å². The summed E-state index contributed by atoms with van der Waals surface area (Å²) in [5, 5.41) is 4.11. The second-order valence-corrected chi connectivity index (χ2v) is 3.96. The van der Waals surface area contributed by atoms with E-state index in [4.69, 9.17) is 14.3 Å². The molecular formula is C12H13NO3. The molecule has 1 aromatic rings. The van der Waals surface area contributed by atoms with Crippen LogP contribution in [0, 0.1) is 0 Å². The molecule has 1 aromatic carbocycles. The van der Waals surface area contributed by atoms with Gasteiger partial charge in [-0.05, 0) is 12.1 Å². The highest BCUT2D eigenvalue weighted by atomic mass is 16.7. The van der Waals surface area contributed by atoms with Crippen LogP contribution in [0.2, 0.25) is 0 Å². The molecule has 2 atom stereocenters. The van der Waals surface area contributed by atoms with Crippen LogP contribution in [0.5, 0.6) is 5.75 Å². The van der Waals surface area contributed by atoms with Gasteiger partial charge in [-0.2, -0.15) is 0 Å². The largest absolute Gasteiger partial charge is 0.496 e. The van der Waals surface area contributed by atoms with Crippen molar-refractivity contribution in [1.29, 1.82) is 0 Å². The molecule has 0 radical (unpaired) electrons. The standard InChI is InChI=1S/C12H13NO3/c1-14-10-5-3-2-4-8(10)9-6-11(16-13-9)12-7-15-12/h2-5,11-12H,6-7H2,1H3/t11-,12+/m1/s1. The van der Waals surface area contributed by atoms with E-state index in [9.17, 15) is 0 Å². The Morgan fingerprint density at radius 3 is 2.88 bits per heavy atom. The lowest BCUT2D eigenvalue weighted by molar-refractivity contribution is 0.0627. The van der Waals surface area contributed by atoms with Crippen LogP contribution in [0.15, 0.2) is 29.4 Å². The number of hydrogen-bond acceptors (Lipinski definition) is 4. The smallest absolute Gasteiger partial charge is 0.161 e. The second-order valence-electron chi connectivity index (χ2n) is 3.96. The lowest BCUT2D eigenvalue weighted by Crippen LogP contribution is -2.15. The van der Waals surface area contributed by atoms with Crippen LogP contribution in [0.25, 0.3) is 0 Å². The minimum absolute atomic E-state index is 0.0833. The van der Waals surface area contributed by atoms with Crippen molar-refractivity contribution in [3.63, 3.8) is 0 Å². The van der Waals surface area contributed by atoms with Crippen LogP contribution in [0.3, 0.4) is 0 Å². The van der Waals surface area contributed by atoms with Gasteiger partial charge in [0.15, 0.2) is 6.10 Å². The number of oxime groups is 1. The lowest BCUT2D eigenvalue weighted by Gasteiger charge is -2.06. The Kier molecular flexibility index (Phi) is 2.29. The Hall–Kier alpha value is -1.55. The van der Waals surface area contributed by atoms with Gasteiger partial charge in [0.1, 0.15) is 11.9 Å². The molecular weight excluding hydrogens is 206 g/mol. The number of benzene rings is 1. The van der Waals surface area contributed by atoms with Crippen molar-refractivity contribution in [1.82, 2.24) is 0 Å². The number of nitrogens with zero attached hydrogens (tertiary/aromatic N) is 1. The van der Waals surface area contributed by atoms with Gasteiger partial charge in [0.25, 0.3) is 0 Å². The van der Waals surface area contributed by atoms with Crippen molar-refractivity contribution in [2.24, 2.45) is 5.16 Å². The average molecular weight is 219 g/mol. The van der Waals surface area contributed by atoms with Gasteiger partial charge < -0.3 is 14.3 Å². The third-order valence-electron chi connectivity index (χ3n) is 2.88. The Labute approximate surface area is 93.8 Å². The molecule has 2 aliphatic rings. The van der Waals surface area contributed by atoms with E-state index in [0.717, 1.165) is 30.1 Å². The van der Waals surface area contributed by atoms with Crippen LogP contribution in [-0.4, -0.2) is 31.6 Å². The molecule has 0 saturated carbocycles. The predicted octanol–water partition coefficient (Wildman–Crippen LogP) is 1.59. The quantitative estimate of drug-likeness (QED) is 0.725. The molecule has 4 heteroatoms. The van der Waals surface area contributed by atoms with E-state index < -0.39 is 0 Å². The molecule has 0 aliphatic carbocycles. The van der Waals surface area contributed by atoms with Crippen LogP contribution in [0.4, 0.5) is 0 Å². The molecule has 0 unspecified atom stereocenters. The summed E-state index contributed by atoms with van der Waals surface area (Å²) in [6.07, 6.45) is 1.11. The highest BCUT2D eigenvalue weighted by Gasteiger charge is 2.39. The molecule has 0 bridgehead atoms.